The van der Waals surface area contributed by atoms with Crippen molar-refractivity contribution < 1.29 is 4.74 Å². The first-order valence-corrected chi connectivity index (χ1v) is 3.21. The lowest BCUT2D eigenvalue weighted by Crippen LogP contribution is -2.46. The number of fused-ring (bicyclic) bond motifs is 1. The Morgan fingerprint density at radius 1 is 1.33 bits per heavy atom. The van der Waals surface area contributed by atoms with E-state index in [1.165, 1.54) is 6.42 Å². The molecule has 1 heterocycles. The van der Waals surface area contributed by atoms with Crippen molar-refractivity contribution in [2.45, 2.75) is 12.5 Å². The summed E-state index contributed by atoms with van der Waals surface area (Å²) in [5.41, 5.74) is 5.68. The van der Waals surface area contributed by atoms with Gasteiger partial charge >= 0.3 is 0 Å². The molecule has 2 aliphatic rings. The second kappa shape index (κ2) is 2.45. The van der Waals surface area contributed by atoms with Crippen LogP contribution in [0.1, 0.15) is 6.42 Å². The van der Waals surface area contributed by atoms with Gasteiger partial charge in [-0.3, -0.25) is 0 Å². The van der Waals surface area contributed by atoms with E-state index in [9.17, 15) is 0 Å². The number of nitrogens with two attached hydrogens (primary N) is 1. The summed E-state index contributed by atoms with van der Waals surface area (Å²) in [6.45, 7) is 1.89. The summed E-state index contributed by atoms with van der Waals surface area (Å²) in [7, 11) is 0. The first kappa shape index (κ1) is 7.32. The first-order valence-electron chi connectivity index (χ1n) is 3.21. The van der Waals surface area contributed by atoms with Gasteiger partial charge in [0.25, 0.3) is 0 Å². The molecule has 9 heavy (non-hydrogen) atoms. The fraction of sp³-hybridized carbons (Fsp3) is 1.00. The van der Waals surface area contributed by atoms with Crippen molar-refractivity contribution in [3.05, 3.63) is 0 Å². The lowest BCUT2D eigenvalue weighted by atomic mass is 9.72. The molecule has 1 aliphatic carbocycles. The Kier molecular flexibility index (Phi) is 1.99. The summed E-state index contributed by atoms with van der Waals surface area (Å²) in [6, 6.07) is 0.461. The van der Waals surface area contributed by atoms with Gasteiger partial charge in [-0.2, -0.15) is 0 Å². The number of hydrogen-bond acceptors (Lipinski definition) is 2. The van der Waals surface area contributed by atoms with Crippen LogP contribution in [-0.4, -0.2) is 19.3 Å². The minimum Gasteiger partial charge on any atom is -0.381 e. The van der Waals surface area contributed by atoms with Crippen LogP contribution in [0, 0.1) is 11.8 Å². The van der Waals surface area contributed by atoms with Gasteiger partial charge in [-0.1, -0.05) is 0 Å². The maximum Gasteiger partial charge on any atom is 0.0512 e. The third kappa shape index (κ3) is 0.955. The molecule has 1 saturated carbocycles. The number of ether oxygens (including phenoxy) is 1. The quantitative estimate of drug-likeness (QED) is 0.541. The molecule has 3 atom stereocenters. The van der Waals surface area contributed by atoms with Crippen LogP contribution in [0.25, 0.3) is 0 Å². The molecule has 2 nitrogen and oxygen atoms in total. The van der Waals surface area contributed by atoms with Crippen LogP contribution in [0.3, 0.4) is 0 Å². The molecule has 1 saturated heterocycles. The van der Waals surface area contributed by atoms with Crippen LogP contribution < -0.4 is 5.73 Å². The average molecular weight is 150 g/mol. The Hall–Kier alpha value is 0.210. The minimum atomic E-state index is 0. The van der Waals surface area contributed by atoms with Crippen molar-refractivity contribution >= 4 is 12.4 Å². The van der Waals surface area contributed by atoms with Crippen molar-refractivity contribution in [1.82, 2.24) is 0 Å². The van der Waals surface area contributed by atoms with E-state index in [1.54, 1.807) is 0 Å². The first-order chi connectivity index (χ1) is 3.88. The average Bonchev–Trinajstić information content (AvgIpc) is 2.09. The zero-order chi connectivity index (χ0) is 5.56. The van der Waals surface area contributed by atoms with Crippen molar-refractivity contribution in [1.29, 1.82) is 0 Å². The SMILES string of the molecule is Cl.N[C@@H]1C[C@@H]2COC[C@@H]21. The molecule has 2 N–H and O–H groups in total. The standard InChI is InChI=1S/C6H11NO.ClH/c7-6-1-4-2-8-3-5(4)6;/h4-6H,1-3,7H2;1H/t4-,5+,6-;/m1./s1. The molecule has 54 valence electrons. The Morgan fingerprint density at radius 2 is 2.11 bits per heavy atom. The van der Waals surface area contributed by atoms with Gasteiger partial charge in [-0.05, 0) is 12.3 Å². The smallest absolute Gasteiger partial charge is 0.0512 e. The summed E-state index contributed by atoms with van der Waals surface area (Å²) >= 11 is 0. The highest BCUT2D eigenvalue weighted by molar-refractivity contribution is 5.85. The second-order valence-corrected chi connectivity index (χ2v) is 2.86. The van der Waals surface area contributed by atoms with Gasteiger partial charge in [0.05, 0.1) is 6.61 Å². The van der Waals surface area contributed by atoms with E-state index < -0.39 is 0 Å². The van der Waals surface area contributed by atoms with E-state index in [2.05, 4.69) is 0 Å². The monoisotopic (exact) mass is 149 g/mol. The van der Waals surface area contributed by atoms with Gasteiger partial charge in [0.15, 0.2) is 0 Å². The van der Waals surface area contributed by atoms with Gasteiger partial charge in [-0.25, -0.2) is 0 Å². The zero-order valence-corrected chi connectivity index (χ0v) is 6.06. The molecule has 0 aromatic carbocycles. The number of halogens is 1. The van der Waals surface area contributed by atoms with E-state index in [0.717, 1.165) is 25.0 Å². The summed E-state index contributed by atoms with van der Waals surface area (Å²) in [5, 5.41) is 0. The predicted octanol–water partition coefficient (Wildman–Crippen LogP) is 0.402. The number of hydrogen-bond donors (Lipinski definition) is 1. The van der Waals surface area contributed by atoms with E-state index in [-0.39, 0.29) is 12.4 Å². The zero-order valence-electron chi connectivity index (χ0n) is 5.25. The minimum absolute atomic E-state index is 0. The number of rotatable bonds is 0. The van der Waals surface area contributed by atoms with Gasteiger partial charge in [0.1, 0.15) is 0 Å². The van der Waals surface area contributed by atoms with Crippen LogP contribution in [-0.2, 0) is 4.74 Å². The Labute approximate surface area is 61.2 Å². The molecule has 0 aromatic rings. The predicted molar refractivity (Wildman–Crippen MR) is 37.6 cm³/mol. The van der Waals surface area contributed by atoms with Crippen LogP contribution >= 0.6 is 12.4 Å². The van der Waals surface area contributed by atoms with Crippen LogP contribution in [0.15, 0.2) is 0 Å². The van der Waals surface area contributed by atoms with Gasteiger partial charge in [-0.15, -0.1) is 12.4 Å². The fourth-order valence-electron chi connectivity index (χ4n) is 1.66. The fourth-order valence-corrected chi connectivity index (χ4v) is 1.66. The maximum absolute atomic E-state index is 5.68. The molecule has 0 bridgehead atoms. The third-order valence-corrected chi connectivity index (χ3v) is 2.37. The summed E-state index contributed by atoms with van der Waals surface area (Å²) < 4.78 is 5.22. The lowest BCUT2D eigenvalue weighted by molar-refractivity contribution is 0.185. The summed E-state index contributed by atoms with van der Waals surface area (Å²) in [6.07, 6.45) is 1.20. The topological polar surface area (TPSA) is 35.2 Å². The van der Waals surface area contributed by atoms with Crippen LogP contribution in [0.2, 0.25) is 0 Å². The summed E-state index contributed by atoms with van der Waals surface area (Å²) in [5.74, 6) is 1.54. The van der Waals surface area contributed by atoms with Gasteiger partial charge in [0, 0.05) is 18.6 Å². The largest absolute Gasteiger partial charge is 0.381 e. The molecule has 0 unspecified atom stereocenters. The highest BCUT2D eigenvalue weighted by atomic mass is 35.5. The molecule has 3 heteroatoms. The van der Waals surface area contributed by atoms with E-state index >= 15 is 0 Å². The highest BCUT2D eigenvalue weighted by Crippen LogP contribution is 2.37. The van der Waals surface area contributed by atoms with Crippen molar-refractivity contribution in [2.24, 2.45) is 17.6 Å². The molecule has 0 aromatic heterocycles. The van der Waals surface area contributed by atoms with E-state index in [0.29, 0.717) is 6.04 Å². The molecule has 2 fully saturated rings. The van der Waals surface area contributed by atoms with E-state index in [1.807, 2.05) is 0 Å². The third-order valence-electron chi connectivity index (χ3n) is 2.37. The van der Waals surface area contributed by atoms with Gasteiger partial charge in [0.2, 0.25) is 0 Å². The normalized spacial score (nSPS) is 47.0. The Bertz CT molecular complexity index is 109. The van der Waals surface area contributed by atoms with Crippen molar-refractivity contribution in [3.8, 4) is 0 Å². The van der Waals surface area contributed by atoms with Gasteiger partial charge < -0.3 is 10.5 Å². The molecule has 0 amide bonds. The highest BCUT2D eigenvalue weighted by Gasteiger charge is 2.42. The van der Waals surface area contributed by atoms with Crippen molar-refractivity contribution in [3.63, 3.8) is 0 Å². The molecule has 0 radical (unpaired) electrons. The second-order valence-electron chi connectivity index (χ2n) is 2.86. The van der Waals surface area contributed by atoms with Crippen molar-refractivity contribution in [2.75, 3.05) is 13.2 Å². The summed E-state index contributed by atoms with van der Waals surface area (Å²) in [4.78, 5) is 0. The lowest BCUT2D eigenvalue weighted by Gasteiger charge is -2.35. The molecular weight excluding hydrogens is 138 g/mol. The van der Waals surface area contributed by atoms with E-state index in [4.69, 9.17) is 10.5 Å². The molecule has 0 spiro atoms. The van der Waals surface area contributed by atoms with Crippen LogP contribution in [0.4, 0.5) is 0 Å². The molecule has 1 aliphatic heterocycles. The van der Waals surface area contributed by atoms with Crippen LogP contribution in [0.5, 0.6) is 0 Å². The molecule has 2 rings (SSSR count). The Balaban J connectivity index is 0.000000405. The Morgan fingerprint density at radius 3 is 2.56 bits per heavy atom. The molecular formula is C6H12ClNO. The maximum atomic E-state index is 5.68.